The van der Waals surface area contributed by atoms with E-state index in [1.54, 1.807) is 42.5 Å². The van der Waals surface area contributed by atoms with Crippen LogP contribution in [-0.2, 0) is 21.4 Å². The Kier molecular flexibility index (Phi) is 9.10. The average Bonchev–Trinajstić information content (AvgIpc) is 3.44. The summed E-state index contributed by atoms with van der Waals surface area (Å²) >= 11 is 1.52. The van der Waals surface area contributed by atoms with Crippen LogP contribution in [0.2, 0.25) is 0 Å². The third-order valence-electron chi connectivity index (χ3n) is 6.00. The van der Waals surface area contributed by atoms with Gasteiger partial charge in [0, 0.05) is 42.8 Å². The van der Waals surface area contributed by atoms with Crippen LogP contribution in [0.4, 0.5) is 5.69 Å². The van der Waals surface area contributed by atoms with Crippen molar-refractivity contribution in [2.45, 2.75) is 31.4 Å². The molecule has 2 N–H and O–H groups in total. The van der Waals surface area contributed by atoms with E-state index < -0.39 is 22.6 Å². The van der Waals surface area contributed by atoms with Gasteiger partial charge in [0.25, 0.3) is 5.91 Å². The standard InChI is InChI=1S/C27H31N3O7S2/c1-19(2)37-21-6-8-23(9-7-21)39(34,35)30-13-11-29(12-14-30)20-5-10-24(25(16-20)36-18-26(31)32)27(33)28-17-22-4-3-15-38-22/h3-10,15-16,19H,11-14,17-18H2,1-2H3,(H,28,33)(H,31,32). The lowest BCUT2D eigenvalue weighted by molar-refractivity contribution is -0.139. The Bertz CT molecular complexity index is 1380. The van der Waals surface area contributed by atoms with Gasteiger partial charge in [0.15, 0.2) is 6.61 Å². The number of amides is 1. The highest BCUT2D eigenvalue weighted by atomic mass is 32.2. The SMILES string of the molecule is CC(C)Oc1ccc(S(=O)(=O)N2CCN(c3ccc(C(=O)NCc4cccs4)c(OCC(=O)O)c3)CC2)cc1. The van der Waals surface area contributed by atoms with Crippen LogP contribution in [-0.4, -0.2) is 68.6 Å². The summed E-state index contributed by atoms with van der Waals surface area (Å²) in [6.07, 6.45) is -0.00902. The van der Waals surface area contributed by atoms with E-state index in [0.717, 1.165) is 4.88 Å². The molecule has 0 atom stereocenters. The summed E-state index contributed by atoms with van der Waals surface area (Å²) in [5, 5.41) is 13.8. The van der Waals surface area contributed by atoms with E-state index in [0.29, 0.717) is 31.1 Å². The van der Waals surface area contributed by atoms with Crippen LogP contribution in [0.25, 0.3) is 0 Å². The number of carboxylic acid groups (broad SMARTS) is 1. The van der Waals surface area contributed by atoms with Crippen LogP contribution in [0, 0.1) is 0 Å². The predicted molar refractivity (Wildman–Crippen MR) is 148 cm³/mol. The first-order valence-electron chi connectivity index (χ1n) is 12.4. The lowest BCUT2D eigenvalue weighted by Crippen LogP contribution is -2.48. The Morgan fingerprint density at radius 1 is 1.05 bits per heavy atom. The van der Waals surface area contributed by atoms with Crippen LogP contribution in [0.1, 0.15) is 29.1 Å². The molecule has 12 heteroatoms. The molecule has 1 saturated heterocycles. The molecule has 1 amide bonds. The number of sulfonamides is 1. The predicted octanol–water partition coefficient (Wildman–Crippen LogP) is 3.44. The second-order valence-corrected chi connectivity index (χ2v) is 12.1. The molecule has 1 aromatic heterocycles. The highest BCUT2D eigenvalue weighted by molar-refractivity contribution is 7.89. The summed E-state index contributed by atoms with van der Waals surface area (Å²) in [7, 11) is -3.67. The van der Waals surface area contributed by atoms with E-state index in [-0.39, 0.29) is 41.3 Å². The molecule has 4 rings (SSSR count). The number of nitrogens with one attached hydrogen (secondary N) is 1. The second kappa shape index (κ2) is 12.5. The summed E-state index contributed by atoms with van der Waals surface area (Å²) in [6, 6.07) is 15.2. The molecule has 0 aliphatic carbocycles. The first-order valence-corrected chi connectivity index (χ1v) is 14.8. The highest BCUT2D eigenvalue weighted by Gasteiger charge is 2.29. The summed E-state index contributed by atoms with van der Waals surface area (Å²) in [5.41, 5.74) is 0.931. The maximum absolute atomic E-state index is 13.2. The smallest absolute Gasteiger partial charge is 0.341 e. The van der Waals surface area contributed by atoms with Gasteiger partial charge in [0.2, 0.25) is 10.0 Å². The van der Waals surface area contributed by atoms with Crippen molar-refractivity contribution in [2.75, 3.05) is 37.7 Å². The van der Waals surface area contributed by atoms with Gasteiger partial charge in [-0.3, -0.25) is 4.79 Å². The van der Waals surface area contributed by atoms with Crippen LogP contribution >= 0.6 is 11.3 Å². The van der Waals surface area contributed by atoms with E-state index in [4.69, 9.17) is 14.6 Å². The average molecular weight is 574 g/mol. The number of ether oxygens (including phenoxy) is 2. The molecule has 1 fully saturated rings. The molecule has 208 valence electrons. The molecule has 1 aliphatic rings. The first kappa shape index (κ1) is 28.4. The summed E-state index contributed by atoms with van der Waals surface area (Å²) < 4.78 is 38.9. The number of aliphatic carboxylic acids is 1. The Labute approximate surface area is 231 Å². The van der Waals surface area contributed by atoms with E-state index >= 15 is 0 Å². The van der Waals surface area contributed by atoms with Crippen molar-refractivity contribution in [3.63, 3.8) is 0 Å². The molecule has 0 radical (unpaired) electrons. The fourth-order valence-corrected chi connectivity index (χ4v) is 6.19. The van der Waals surface area contributed by atoms with E-state index in [1.165, 1.54) is 15.6 Å². The molecule has 0 spiro atoms. The molecule has 1 aliphatic heterocycles. The fraction of sp³-hybridized carbons (Fsp3) is 0.333. The summed E-state index contributed by atoms with van der Waals surface area (Å²) in [5.74, 6) is -0.778. The number of nitrogens with zero attached hydrogens (tertiary/aromatic N) is 2. The van der Waals surface area contributed by atoms with Gasteiger partial charge in [-0.05, 0) is 61.7 Å². The van der Waals surface area contributed by atoms with Gasteiger partial charge in [0.1, 0.15) is 11.5 Å². The van der Waals surface area contributed by atoms with Crippen molar-refractivity contribution >= 4 is 38.9 Å². The molecule has 39 heavy (non-hydrogen) atoms. The minimum atomic E-state index is -3.67. The van der Waals surface area contributed by atoms with Gasteiger partial charge in [-0.25, -0.2) is 13.2 Å². The lowest BCUT2D eigenvalue weighted by atomic mass is 10.1. The number of carbonyl (C=O) groups excluding carboxylic acids is 1. The molecular weight excluding hydrogens is 542 g/mol. The van der Waals surface area contributed by atoms with Gasteiger partial charge in [-0.15, -0.1) is 11.3 Å². The van der Waals surface area contributed by atoms with Gasteiger partial charge < -0.3 is 24.8 Å². The number of benzene rings is 2. The van der Waals surface area contributed by atoms with E-state index in [2.05, 4.69) is 5.32 Å². The Morgan fingerprint density at radius 3 is 2.38 bits per heavy atom. The molecule has 10 nitrogen and oxygen atoms in total. The first-order chi connectivity index (χ1) is 18.6. The van der Waals surface area contributed by atoms with Crippen molar-refractivity contribution in [1.29, 1.82) is 0 Å². The van der Waals surface area contributed by atoms with Crippen LogP contribution in [0.5, 0.6) is 11.5 Å². The lowest BCUT2D eigenvalue weighted by Gasteiger charge is -2.35. The molecule has 2 aromatic carbocycles. The quantitative estimate of drug-likeness (QED) is 0.357. The number of anilines is 1. The van der Waals surface area contributed by atoms with E-state index in [9.17, 15) is 18.0 Å². The zero-order valence-corrected chi connectivity index (χ0v) is 23.3. The second-order valence-electron chi connectivity index (χ2n) is 9.15. The fourth-order valence-electron chi connectivity index (χ4n) is 4.13. The monoisotopic (exact) mass is 573 g/mol. The zero-order valence-electron chi connectivity index (χ0n) is 21.7. The van der Waals surface area contributed by atoms with Crippen molar-refractivity contribution in [1.82, 2.24) is 9.62 Å². The molecule has 0 bridgehead atoms. The van der Waals surface area contributed by atoms with Crippen molar-refractivity contribution in [2.24, 2.45) is 0 Å². The molecular formula is C27H31N3O7S2. The number of thiophene rings is 1. The third-order valence-corrected chi connectivity index (χ3v) is 8.79. The molecule has 3 aromatic rings. The molecule has 0 unspecified atom stereocenters. The summed E-state index contributed by atoms with van der Waals surface area (Å²) in [6.45, 7) is 4.91. The largest absolute Gasteiger partial charge is 0.491 e. The number of rotatable bonds is 11. The van der Waals surface area contributed by atoms with Crippen molar-refractivity contribution in [3.05, 3.63) is 70.4 Å². The number of piperazine rings is 1. The van der Waals surface area contributed by atoms with Gasteiger partial charge >= 0.3 is 5.97 Å². The Morgan fingerprint density at radius 2 is 1.77 bits per heavy atom. The Balaban J connectivity index is 1.44. The number of hydrogen-bond donors (Lipinski definition) is 2. The number of carboxylic acids is 1. The van der Waals surface area contributed by atoms with Crippen molar-refractivity contribution < 1.29 is 32.6 Å². The highest BCUT2D eigenvalue weighted by Crippen LogP contribution is 2.28. The van der Waals surface area contributed by atoms with Crippen LogP contribution in [0.15, 0.2) is 64.9 Å². The minimum Gasteiger partial charge on any atom is -0.491 e. The summed E-state index contributed by atoms with van der Waals surface area (Å²) in [4.78, 5) is 27.1. The van der Waals surface area contributed by atoms with Gasteiger partial charge in [0.05, 0.1) is 23.1 Å². The Hall–Kier alpha value is -3.61. The maximum Gasteiger partial charge on any atom is 0.341 e. The number of carbonyl (C=O) groups is 2. The van der Waals surface area contributed by atoms with Crippen molar-refractivity contribution in [3.8, 4) is 11.5 Å². The normalized spacial score (nSPS) is 14.3. The van der Waals surface area contributed by atoms with E-state index in [1.807, 2.05) is 36.3 Å². The number of hydrogen-bond acceptors (Lipinski definition) is 8. The van der Waals surface area contributed by atoms with Gasteiger partial charge in [-0.1, -0.05) is 6.07 Å². The van der Waals surface area contributed by atoms with Gasteiger partial charge in [-0.2, -0.15) is 4.31 Å². The van der Waals surface area contributed by atoms with Crippen LogP contribution in [0.3, 0.4) is 0 Å². The maximum atomic E-state index is 13.2. The third kappa shape index (κ3) is 7.28. The minimum absolute atomic E-state index is 0.00902. The topological polar surface area (TPSA) is 125 Å². The molecule has 2 heterocycles. The zero-order chi connectivity index (χ0) is 28.0. The van der Waals surface area contributed by atoms with Crippen LogP contribution < -0.4 is 19.7 Å². The molecule has 0 saturated carbocycles.